The molecule has 1 saturated heterocycles. The van der Waals surface area contributed by atoms with Gasteiger partial charge < -0.3 is 10.1 Å². The maximum atomic E-state index is 13.1. The Balaban J connectivity index is 1.41. The van der Waals surface area contributed by atoms with Crippen LogP contribution < -0.4 is 10.1 Å². The average molecular weight is 413 g/mol. The first kappa shape index (κ1) is 22.3. The van der Waals surface area contributed by atoms with Crippen molar-refractivity contribution in [3.8, 4) is 5.75 Å². The normalized spacial score (nSPS) is 16.9. The van der Waals surface area contributed by atoms with Gasteiger partial charge in [0.05, 0.1) is 12.5 Å². The van der Waals surface area contributed by atoms with E-state index in [0.29, 0.717) is 6.54 Å². The quantitative estimate of drug-likeness (QED) is 0.581. The van der Waals surface area contributed by atoms with Crippen LogP contribution in [0.4, 0.5) is 4.39 Å². The first-order chi connectivity index (χ1) is 14.7. The molecule has 2 aromatic rings. The fourth-order valence-electron chi connectivity index (χ4n) is 3.96. The molecule has 5 heteroatoms. The zero-order chi connectivity index (χ0) is 21.2. The van der Waals surface area contributed by atoms with E-state index in [-0.39, 0.29) is 17.6 Å². The van der Waals surface area contributed by atoms with Crippen LogP contribution in [0.5, 0.6) is 5.75 Å². The van der Waals surface area contributed by atoms with Crippen LogP contribution in [0, 0.1) is 11.7 Å². The SMILES string of the molecule is CCCOc1ccccc1CCCNC(=O)[C@H]1CCCN(Cc2ccc(F)cc2)C1. The third-order valence-corrected chi connectivity index (χ3v) is 5.55. The Labute approximate surface area is 179 Å². The maximum Gasteiger partial charge on any atom is 0.224 e. The van der Waals surface area contributed by atoms with Gasteiger partial charge in [0.2, 0.25) is 5.91 Å². The lowest BCUT2D eigenvalue weighted by Gasteiger charge is -2.32. The fourth-order valence-corrected chi connectivity index (χ4v) is 3.96. The van der Waals surface area contributed by atoms with E-state index in [1.807, 2.05) is 30.3 Å². The summed E-state index contributed by atoms with van der Waals surface area (Å²) in [7, 11) is 0. The highest BCUT2D eigenvalue weighted by atomic mass is 19.1. The van der Waals surface area contributed by atoms with Crippen molar-refractivity contribution in [3.05, 3.63) is 65.5 Å². The predicted molar refractivity (Wildman–Crippen MR) is 118 cm³/mol. The van der Waals surface area contributed by atoms with Gasteiger partial charge >= 0.3 is 0 Å². The Morgan fingerprint density at radius 1 is 1.20 bits per heavy atom. The molecule has 1 fully saturated rings. The van der Waals surface area contributed by atoms with Gasteiger partial charge in [-0.05, 0) is 68.0 Å². The van der Waals surface area contributed by atoms with Crippen molar-refractivity contribution < 1.29 is 13.9 Å². The van der Waals surface area contributed by atoms with Gasteiger partial charge in [-0.1, -0.05) is 37.3 Å². The molecule has 4 nitrogen and oxygen atoms in total. The molecule has 0 aliphatic carbocycles. The molecule has 0 saturated carbocycles. The Kier molecular flexibility index (Phi) is 8.69. The molecule has 0 unspecified atom stereocenters. The highest BCUT2D eigenvalue weighted by Crippen LogP contribution is 2.21. The molecular formula is C25H33FN2O2. The number of carbonyl (C=O) groups excluding carboxylic acids is 1. The first-order valence-electron chi connectivity index (χ1n) is 11.1. The van der Waals surface area contributed by atoms with Crippen molar-refractivity contribution in [2.75, 3.05) is 26.2 Å². The Morgan fingerprint density at radius 2 is 2.00 bits per heavy atom. The molecule has 1 aliphatic rings. The number of hydrogen-bond acceptors (Lipinski definition) is 3. The molecular weight excluding hydrogens is 379 g/mol. The zero-order valence-corrected chi connectivity index (χ0v) is 17.9. The van der Waals surface area contributed by atoms with Crippen LogP contribution in [0.25, 0.3) is 0 Å². The van der Waals surface area contributed by atoms with E-state index in [1.54, 1.807) is 0 Å². The van der Waals surface area contributed by atoms with Gasteiger partial charge in [0.25, 0.3) is 0 Å². The van der Waals surface area contributed by atoms with Crippen LogP contribution in [-0.4, -0.2) is 37.0 Å². The van der Waals surface area contributed by atoms with E-state index < -0.39 is 0 Å². The third kappa shape index (κ3) is 6.84. The lowest BCUT2D eigenvalue weighted by molar-refractivity contribution is -0.126. The highest BCUT2D eigenvalue weighted by Gasteiger charge is 2.25. The number of aryl methyl sites for hydroxylation is 1. The van der Waals surface area contributed by atoms with Gasteiger partial charge in [-0.3, -0.25) is 9.69 Å². The van der Waals surface area contributed by atoms with Crippen LogP contribution in [0.15, 0.2) is 48.5 Å². The number of carbonyl (C=O) groups is 1. The van der Waals surface area contributed by atoms with Gasteiger partial charge in [-0.25, -0.2) is 4.39 Å². The molecule has 0 spiro atoms. The summed E-state index contributed by atoms with van der Waals surface area (Å²) < 4.78 is 18.9. The Bertz CT molecular complexity index is 794. The second-order valence-electron chi connectivity index (χ2n) is 8.05. The largest absolute Gasteiger partial charge is 0.493 e. The number of ether oxygens (including phenoxy) is 1. The second-order valence-corrected chi connectivity index (χ2v) is 8.05. The summed E-state index contributed by atoms with van der Waals surface area (Å²) in [4.78, 5) is 14.9. The molecule has 0 bridgehead atoms. The van der Waals surface area contributed by atoms with Crippen molar-refractivity contribution in [2.24, 2.45) is 5.92 Å². The molecule has 0 aromatic heterocycles. The molecule has 162 valence electrons. The average Bonchev–Trinajstić information content (AvgIpc) is 2.77. The third-order valence-electron chi connectivity index (χ3n) is 5.55. The van der Waals surface area contributed by atoms with Gasteiger partial charge in [0.1, 0.15) is 11.6 Å². The van der Waals surface area contributed by atoms with Gasteiger partial charge in [0, 0.05) is 19.6 Å². The van der Waals surface area contributed by atoms with Crippen molar-refractivity contribution in [1.82, 2.24) is 10.2 Å². The van der Waals surface area contributed by atoms with E-state index in [4.69, 9.17) is 4.74 Å². The minimum atomic E-state index is -0.214. The summed E-state index contributed by atoms with van der Waals surface area (Å²) >= 11 is 0. The molecule has 30 heavy (non-hydrogen) atoms. The number of likely N-dealkylation sites (tertiary alicyclic amines) is 1. The number of halogens is 1. The molecule has 2 aromatic carbocycles. The molecule has 1 atom stereocenters. The molecule has 3 rings (SSSR count). The topological polar surface area (TPSA) is 41.6 Å². The Hall–Kier alpha value is -2.40. The Morgan fingerprint density at radius 3 is 2.80 bits per heavy atom. The summed E-state index contributed by atoms with van der Waals surface area (Å²) in [5.41, 5.74) is 2.28. The van der Waals surface area contributed by atoms with Gasteiger partial charge in [0.15, 0.2) is 0 Å². The monoisotopic (exact) mass is 412 g/mol. The van der Waals surface area contributed by atoms with Crippen LogP contribution >= 0.6 is 0 Å². The fraction of sp³-hybridized carbons (Fsp3) is 0.480. The summed E-state index contributed by atoms with van der Waals surface area (Å²) in [6, 6.07) is 14.8. The van der Waals surface area contributed by atoms with Gasteiger partial charge in [-0.2, -0.15) is 0 Å². The summed E-state index contributed by atoms with van der Waals surface area (Å²) in [5, 5.41) is 3.12. The standard InChI is InChI=1S/C25H33FN2O2/c1-2-17-30-24-10-4-3-7-21(24)8-5-15-27-25(29)22-9-6-16-28(19-22)18-20-11-13-23(26)14-12-20/h3-4,7,10-14,22H,2,5-6,8-9,15-19H2,1H3,(H,27,29)/t22-/m0/s1. The number of nitrogens with one attached hydrogen (secondary N) is 1. The first-order valence-corrected chi connectivity index (χ1v) is 11.1. The lowest BCUT2D eigenvalue weighted by atomic mass is 9.96. The summed E-state index contributed by atoms with van der Waals surface area (Å²) in [6.45, 7) is 6.01. The zero-order valence-electron chi connectivity index (χ0n) is 17.9. The second kappa shape index (κ2) is 11.7. The molecule has 0 radical (unpaired) electrons. The van der Waals surface area contributed by atoms with Crippen LogP contribution in [-0.2, 0) is 17.8 Å². The molecule has 1 aliphatic heterocycles. The minimum Gasteiger partial charge on any atom is -0.493 e. The molecule has 1 amide bonds. The molecule has 1 heterocycles. The number of rotatable bonds is 10. The summed E-state index contributed by atoms with van der Waals surface area (Å²) in [5.74, 6) is 0.914. The van der Waals surface area contributed by atoms with Crippen molar-refractivity contribution in [3.63, 3.8) is 0 Å². The number of para-hydroxylation sites is 1. The summed E-state index contributed by atoms with van der Waals surface area (Å²) in [6.07, 6.45) is 4.72. The number of piperidine rings is 1. The van der Waals surface area contributed by atoms with Crippen molar-refractivity contribution in [2.45, 2.75) is 45.6 Å². The minimum absolute atomic E-state index is 0.0272. The predicted octanol–water partition coefficient (Wildman–Crippen LogP) is 4.58. The van der Waals surface area contributed by atoms with Crippen LogP contribution in [0.3, 0.4) is 0 Å². The number of nitrogens with zero attached hydrogens (tertiary/aromatic N) is 1. The smallest absolute Gasteiger partial charge is 0.224 e. The van der Waals surface area contributed by atoms with E-state index in [9.17, 15) is 9.18 Å². The maximum absolute atomic E-state index is 13.1. The molecule has 1 N–H and O–H groups in total. The number of hydrogen-bond donors (Lipinski definition) is 1. The van der Waals surface area contributed by atoms with Crippen molar-refractivity contribution in [1.29, 1.82) is 0 Å². The lowest BCUT2D eigenvalue weighted by Crippen LogP contribution is -2.42. The van der Waals surface area contributed by atoms with E-state index >= 15 is 0 Å². The van der Waals surface area contributed by atoms with Gasteiger partial charge in [-0.15, -0.1) is 0 Å². The number of benzene rings is 2. The van der Waals surface area contributed by atoms with E-state index in [1.165, 1.54) is 17.7 Å². The van der Waals surface area contributed by atoms with E-state index in [0.717, 1.165) is 69.7 Å². The van der Waals surface area contributed by atoms with E-state index in [2.05, 4.69) is 23.2 Å². The highest BCUT2D eigenvalue weighted by molar-refractivity contribution is 5.78. The van der Waals surface area contributed by atoms with Crippen LogP contribution in [0.2, 0.25) is 0 Å². The van der Waals surface area contributed by atoms with Crippen LogP contribution in [0.1, 0.15) is 43.7 Å². The number of amides is 1. The van der Waals surface area contributed by atoms with Crippen molar-refractivity contribution >= 4 is 5.91 Å².